The monoisotopic (exact) mass is 254 g/mol. The maximum atomic E-state index is 6.25. The Morgan fingerprint density at radius 2 is 2.18 bits per heavy atom. The maximum absolute atomic E-state index is 6.25. The second-order valence-electron chi connectivity index (χ2n) is 4.37. The van der Waals surface area contributed by atoms with E-state index in [1.165, 1.54) is 5.56 Å². The summed E-state index contributed by atoms with van der Waals surface area (Å²) < 4.78 is 5.44. The van der Waals surface area contributed by atoms with E-state index in [9.17, 15) is 0 Å². The van der Waals surface area contributed by atoms with Crippen molar-refractivity contribution in [1.29, 1.82) is 0 Å². The summed E-state index contributed by atoms with van der Waals surface area (Å²) >= 11 is 6.25. The minimum absolute atomic E-state index is 0.539. The molecule has 4 heteroatoms. The third-order valence-corrected chi connectivity index (χ3v) is 3.41. The lowest BCUT2D eigenvalue weighted by Crippen LogP contribution is -2.26. The smallest absolute Gasteiger partial charge is 0.0593 e. The molecular weight excluding hydrogens is 236 g/mol. The van der Waals surface area contributed by atoms with Crippen molar-refractivity contribution in [2.75, 3.05) is 26.3 Å². The molecule has 2 rings (SSSR count). The highest BCUT2D eigenvalue weighted by atomic mass is 35.5. The lowest BCUT2D eigenvalue weighted by Gasteiger charge is -2.19. The van der Waals surface area contributed by atoms with Crippen LogP contribution < -0.4 is 5.73 Å². The van der Waals surface area contributed by atoms with E-state index in [2.05, 4.69) is 17.0 Å². The maximum Gasteiger partial charge on any atom is 0.0593 e. The summed E-state index contributed by atoms with van der Waals surface area (Å²) in [6, 6.07) is 6.09. The Bertz CT molecular complexity index is 362. The molecule has 0 radical (unpaired) electrons. The van der Waals surface area contributed by atoms with Crippen molar-refractivity contribution in [2.24, 2.45) is 5.73 Å². The third kappa shape index (κ3) is 3.68. The fraction of sp³-hybridized carbons (Fsp3) is 0.538. The number of rotatable bonds is 3. The van der Waals surface area contributed by atoms with E-state index >= 15 is 0 Å². The average molecular weight is 255 g/mol. The van der Waals surface area contributed by atoms with Crippen LogP contribution in [0.1, 0.15) is 17.5 Å². The second-order valence-corrected chi connectivity index (χ2v) is 4.78. The molecule has 0 aliphatic carbocycles. The molecule has 1 aliphatic heterocycles. The fourth-order valence-corrected chi connectivity index (χ4v) is 2.31. The van der Waals surface area contributed by atoms with E-state index in [0.29, 0.717) is 6.54 Å². The van der Waals surface area contributed by atoms with Gasteiger partial charge in [0, 0.05) is 37.8 Å². The van der Waals surface area contributed by atoms with Gasteiger partial charge < -0.3 is 10.5 Å². The molecule has 0 unspecified atom stereocenters. The normalized spacial score (nSPS) is 18.0. The topological polar surface area (TPSA) is 38.5 Å². The lowest BCUT2D eigenvalue weighted by atomic mass is 10.1. The zero-order valence-electron chi connectivity index (χ0n) is 9.99. The molecule has 1 saturated heterocycles. The first-order chi connectivity index (χ1) is 8.29. The van der Waals surface area contributed by atoms with Gasteiger partial charge in [0.05, 0.1) is 6.61 Å². The number of halogens is 1. The van der Waals surface area contributed by atoms with Crippen molar-refractivity contribution in [2.45, 2.75) is 19.5 Å². The van der Waals surface area contributed by atoms with Gasteiger partial charge in [0.15, 0.2) is 0 Å². The van der Waals surface area contributed by atoms with Crippen molar-refractivity contribution in [1.82, 2.24) is 4.90 Å². The Morgan fingerprint density at radius 3 is 2.94 bits per heavy atom. The third-order valence-electron chi connectivity index (χ3n) is 3.06. The molecule has 17 heavy (non-hydrogen) atoms. The van der Waals surface area contributed by atoms with Gasteiger partial charge in [0.1, 0.15) is 0 Å². The van der Waals surface area contributed by atoms with E-state index in [0.717, 1.165) is 49.9 Å². The zero-order valence-corrected chi connectivity index (χ0v) is 10.7. The van der Waals surface area contributed by atoms with Gasteiger partial charge in [-0.25, -0.2) is 0 Å². The van der Waals surface area contributed by atoms with Crippen molar-refractivity contribution in [3.63, 3.8) is 0 Å². The van der Waals surface area contributed by atoms with Crippen LogP contribution in [0.4, 0.5) is 0 Å². The van der Waals surface area contributed by atoms with E-state index in [-0.39, 0.29) is 0 Å². The van der Waals surface area contributed by atoms with Crippen molar-refractivity contribution < 1.29 is 4.74 Å². The van der Waals surface area contributed by atoms with Crippen LogP contribution in [-0.2, 0) is 17.8 Å². The lowest BCUT2D eigenvalue weighted by molar-refractivity contribution is 0.140. The number of ether oxygens (including phenoxy) is 1. The molecule has 0 amide bonds. The Morgan fingerprint density at radius 1 is 1.29 bits per heavy atom. The molecular formula is C13H19ClN2O. The molecule has 3 nitrogen and oxygen atoms in total. The van der Waals surface area contributed by atoms with Gasteiger partial charge in [-0.3, -0.25) is 4.90 Å². The summed E-state index contributed by atoms with van der Waals surface area (Å²) in [6.45, 7) is 5.18. The summed E-state index contributed by atoms with van der Waals surface area (Å²) in [5.41, 5.74) is 7.84. The average Bonchev–Trinajstić information content (AvgIpc) is 2.60. The van der Waals surface area contributed by atoms with E-state index in [1.54, 1.807) is 0 Å². The van der Waals surface area contributed by atoms with Crippen LogP contribution in [0.3, 0.4) is 0 Å². The summed E-state index contributed by atoms with van der Waals surface area (Å²) in [5, 5.41) is 0.818. The van der Waals surface area contributed by atoms with Gasteiger partial charge in [0.2, 0.25) is 0 Å². The molecule has 1 fully saturated rings. The molecule has 0 saturated carbocycles. The van der Waals surface area contributed by atoms with Gasteiger partial charge in [-0.1, -0.05) is 23.7 Å². The highest BCUT2D eigenvalue weighted by Gasteiger charge is 2.11. The van der Waals surface area contributed by atoms with Crippen LogP contribution in [-0.4, -0.2) is 31.2 Å². The number of benzene rings is 1. The first-order valence-corrected chi connectivity index (χ1v) is 6.45. The van der Waals surface area contributed by atoms with Gasteiger partial charge in [-0.2, -0.15) is 0 Å². The highest BCUT2D eigenvalue weighted by Crippen LogP contribution is 2.20. The van der Waals surface area contributed by atoms with Crippen LogP contribution in [0.15, 0.2) is 18.2 Å². The van der Waals surface area contributed by atoms with Gasteiger partial charge in [-0.15, -0.1) is 0 Å². The molecule has 0 aromatic heterocycles. The molecule has 0 atom stereocenters. The number of hydrogen-bond donors (Lipinski definition) is 1. The van der Waals surface area contributed by atoms with Crippen molar-refractivity contribution >= 4 is 11.6 Å². The predicted molar refractivity (Wildman–Crippen MR) is 70.1 cm³/mol. The molecule has 2 N–H and O–H groups in total. The van der Waals surface area contributed by atoms with E-state index in [4.69, 9.17) is 22.1 Å². The summed E-state index contributed by atoms with van der Waals surface area (Å²) in [5.74, 6) is 0. The van der Waals surface area contributed by atoms with Crippen LogP contribution in [0.2, 0.25) is 5.02 Å². The molecule has 0 bridgehead atoms. The fourth-order valence-electron chi connectivity index (χ4n) is 2.04. The molecule has 1 aromatic carbocycles. The van der Waals surface area contributed by atoms with Crippen LogP contribution in [0, 0.1) is 0 Å². The standard InChI is InChI=1S/C13H19ClN2O/c14-13-8-11(9-15)2-3-12(13)10-16-4-1-6-17-7-5-16/h2-3,8H,1,4-7,9-10,15H2. The molecule has 94 valence electrons. The summed E-state index contributed by atoms with van der Waals surface area (Å²) in [6.07, 6.45) is 1.10. The summed E-state index contributed by atoms with van der Waals surface area (Å²) in [4.78, 5) is 2.39. The Kier molecular flexibility index (Phi) is 4.80. The second kappa shape index (κ2) is 6.36. The van der Waals surface area contributed by atoms with Gasteiger partial charge in [0.25, 0.3) is 0 Å². The predicted octanol–water partition coefficient (Wildman–Crippen LogP) is 2.02. The van der Waals surface area contributed by atoms with Crippen molar-refractivity contribution in [3.8, 4) is 0 Å². The van der Waals surface area contributed by atoms with Crippen LogP contribution >= 0.6 is 11.6 Å². The Balaban J connectivity index is 2.01. The minimum Gasteiger partial charge on any atom is -0.380 e. The number of hydrogen-bond acceptors (Lipinski definition) is 3. The first-order valence-electron chi connectivity index (χ1n) is 6.07. The molecule has 1 heterocycles. The minimum atomic E-state index is 0.539. The molecule has 1 aromatic rings. The number of nitrogens with zero attached hydrogens (tertiary/aromatic N) is 1. The zero-order chi connectivity index (χ0) is 12.1. The Hall–Kier alpha value is -0.610. The largest absolute Gasteiger partial charge is 0.380 e. The van der Waals surface area contributed by atoms with Gasteiger partial charge >= 0.3 is 0 Å². The quantitative estimate of drug-likeness (QED) is 0.897. The number of nitrogens with two attached hydrogens (primary N) is 1. The van der Waals surface area contributed by atoms with E-state index < -0.39 is 0 Å². The van der Waals surface area contributed by atoms with E-state index in [1.807, 2.05) is 6.07 Å². The highest BCUT2D eigenvalue weighted by molar-refractivity contribution is 6.31. The Labute approximate surface area is 107 Å². The molecule has 1 aliphatic rings. The van der Waals surface area contributed by atoms with Gasteiger partial charge in [-0.05, 0) is 23.6 Å². The first kappa shape index (κ1) is 12.8. The van der Waals surface area contributed by atoms with Crippen molar-refractivity contribution in [3.05, 3.63) is 34.3 Å². The van der Waals surface area contributed by atoms with Crippen LogP contribution in [0.25, 0.3) is 0 Å². The van der Waals surface area contributed by atoms with Crippen LogP contribution in [0.5, 0.6) is 0 Å². The molecule has 0 spiro atoms. The SMILES string of the molecule is NCc1ccc(CN2CCCOCC2)c(Cl)c1. The summed E-state index contributed by atoms with van der Waals surface area (Å²) in [7, 11) is 0.